The van der Waals surface area contributed by atoms with Crippen molar-refractivity contribution in [3.8, 4) is 5.75 Å². The van der Waals surface area contributed by atoms with Crippen LogP contribution in [0.2, 0.25) is 0 Å². The highest BCUT2D eigenvalue weighted by Gasteiger charge is 2.49. The van der Waals surface area contributed by atoms with Crippen LogP contribution in [0.25, 0.3) is 0 Å². The second kappa shape index (κ2) is 3.33. The van der Waals surface area contributed by atoms with Crippen molar-refractivity contribution >= 4 is 5.78 Å². The predicted octanol–water partition coefficient (Wildman–Crippen LogP) is 2.57. The van der Waals surface area contributed by atoms with Crippen LogP contribution in [0.15, 0.2) is 24.3 Å². The lowest BCUT2D eigenvalue weighted by Crippen LogP contribution is -2.53. The van der Waals surface area contributed by atoms with Crippen molar-refractivity contribution in [2.75, 3.05) is 0 Å². The largest absolute Gasteiger partial charge is 0.486 e. The highest BCUT2D eigenvalue weighted by Crippen LogP contribution is 2.39. The Balaban J connectivity index is 2.12. The standard InChI is InChI=1S/C12H13FO2/c1-12(2)10(14)7-11(12)15-9-6-4-3-5-8(9)13/h3-6,11H,7H2,1-2H3. The average molecular weight is 208 g/mol. The van der Waals surface area contributed by atoms with Gasteiger partial charge in [-0.15, -0.1) is 0 Å². The van der Waals surface area contributed by atoms with Crippen LogP contribution < -0.4 is 4.74 Å². The van der Waals surface area contributed by atoms with Crippen LogP contribution >= 0.6 is 0 Å². The number of ether oxygens (including phenoxy) is 1. The average Bonchev–Trinajstić information content (AvgIpc) is 2.20. The van der Waals surface area contributed by atoms with E-state index in [2.05, 4.69) is 0 Å². The molecule has 1 aromatic carbocycles. The molecule has 0 N–H and O–H groups in total. The number of halogens is 1. The molecule has 1 aliphatic rings. The third kappa shape index (κ3) is 1.62. The van der Waals surface area contributed by atoms with Gasteiger partial charge in [0.25, 0.3) is 0 Å². The first-order valence-corrected chi connectivity index (χ1v) is 4.96. The van der Waals surface area contributed by atoms with Crippen molar-refractivity contribution in [1.82, 2.24) is 0 Å². The molecule has 0 amide bonds. The minimum absolute atomic E-state index is 0.170. The van der Waals surface area contributed by atoms with Crippen molar-refractivity contribution in [2.45, 2.75) is 26.4 Å². The van der Waals surface area contributed by atoms with Crippen molar-refractivity contribution < 1.29 is 13.9 Å². The maximum atomic E-state index is 13.2. The van der Waals surface area contributed by atoms with Gasteiger partial charge in [0.2, 0.25) is 0 Å². The summed E-state index contributed by atoms with van der Waals surface area (Å²) in [5, 5.41) is 0. The molecule has 80 valence electrons. The third-order valence-electron chi connectivity index (χ3n) is 3.00. The van der Waals surface area contributed by atoms with E-state index in [-0.39, 0.29) is 23.5 Å². The van der Waals surface area contributed by atoms with E-state index in [4.69, 9.17) is 4.74 Å². The number of hydrogen-bond acceptors (Lipinski definition) is 2. The Kier molecular flexibility index (Phi) is 2.25. The number of ketones is 1. The van der Waals surface area contributed by atoms with Crippen molar-refractivity contribution in [3.63, 3.8) is 0 Å². The molecule has 3 heteroatoms. The molecular weight excluding hydrogens is 195 g/mol. The molecule has 0 bridgehead atoms. The molecule has 0 spiro atoms. The van der Waals surface area contributed by atoms with Gasteiger partial charge in [-0.05, 0) is 26.0 Å². The van der Waals surface area contributed by atoms with Gasteiger partial charge < -0.3 is 4.74 Å². The normalized spacial score (nSPS) is 23.4. The van der Waals surface area contributed by atoms with E-state index < -0.39 is 5.41 Å². The molecule has 2 nitrogen and oxygen atoms in total. The third-order valence-corrected chi connectivity index (χ3v) is 3.00. The summed E-state index contributed by atoms with van der Waals surface area (Å²) in [6, 6.07) is 6.25. The Labute approximate surface area is 88.1 Å². The van der Waals surface area contributed by atoms with Crippen LogP contribution in [-0.2, 0) is 4.79 Å². The zero-order valence-electron chi connectivity index (χ0n) is 8.79. The van der Waals surface area contributed by atoms with Gasteiger partial charge in [-0.25, -0.2) is 4.39 Å². The van der Waals surface area contributed by atoms with E-state index >= 15 is 0 Å². The van der Waals surface area contributed by atoms with Gasteiger partial charge in [-0.2, -0.15) is 0 Å². The maximum absolute atomic E-state index is 13.2. The number of benzene rings is 1. The predicted molar refractivity (Wildman–Crippen MR) is 54.2 cm³/mol. The van der Waals surface area contributed by atoms with Gasteiger partial charge in [0.15, 0.2) is 11.6 Å². The van der Waals surface area contributed by atoms with Crippen LogP contribution in [0.3, 0.4) is 0 Å². The van der Waals surface area contributed by atoms with Gasteiger partial charge in [0, 0.05) is 6.42 Å². The zero-order valence-corrected chi connectivity index (χ0v) is 8.79. The van der Waals surface area contributed by atoms with E-state index in [1.165, 1.54) is 6.07 Å². The summed E-state index contributed by atoms with van der Waals surface area (Å²) in [5.74, 6) is 0.0135. The Bertz CT molecular complexity index is 398. The molecule has 1 fully saturated rings. The summed E-state index contributed by atoms with van der Waals surface area (Å²) >= 11 is 0. The minimum atomic E-state index is -0.484. The Morgan fingerprint density at radius 2 is 2.07 bits per heavy atom. The minimum Gasteiger partial charge on any atom is -0.486 e. The van der Waals surface area contributed by atoms with E-state index in [0.717, 1.165) is 0 Å². The lowest BCUT2D eigenvalue weighted by atomic mass is 9.68. The van der Waals surface area contributed by atoms with E-state index in [9.17, 15) is 9.18 Å². The number of rotatable bonds is 2. The Morgan fingerprint density at radius 1 is 1.40 bits per heavy atom. The quantitative estimate of drug-likeness (QED) is 0.746. The first-order chi connectivity index (χ1) is 7.01. The van der Waals surface area contributed by atoms with Crippen molar-refractivity contribution in [3.05, 3.63) is 30.1 Å². The molecule has 1 unspecified atom stereocenters. The SMILES string of the molecule is CC1(C)C(=O)CC1Oc1ccccc1F. The molecule has 0 saturated heterocycles. The molecule has 0 aliphatic heterocycles. The summed E-state index contributed by atoms with van der Waals surface area (Å²) in [5.41, 5.74) is -0.484. The highest BCUT2D eigenvalue weighted by atomic mass is 19.1. The van der Waals surface area contributed by atoms with Crippen LogP contribution in [0.5, 0.6) is 5.75 Å². The number of para-hydroxylation sites is 1. The van der Waals surface area contributed by atoms with Gasteiger partial charge in [-0.3, -0.25) is 4.79 Å². The van der Waals surface area contributed by atoms with Crippen molar-refractivity contribution in [1.29, 1.82) is 0 Å². The number of carbonyl (C=O) groups is 1. The Hall–Kier alpha value is -1.38. The maximum Gasteiger partial charge on any atom is 0.165 e. The molecule has 1 aliphatic carbocycles. The smallest absolute Gasteiger partial charge is 0.165 e. The molecule has 2 rings (SSSR count). The molecule has 0 radical (unpaired) electrons. The summed E-state index contributed by atoms with van der Waals surface area (Å²) in [6.45, 7) is 3.65. The van der Waals surface area contributed by atoms with Gasteiger partial charge in [-0.1, -0.05) is 12.1 Å². The topological polar surface area (TPSA) is 26.3 Å². The summed E-state index contributed by atoms with van der Waals surface area (Å²) in [6.07, 6.45) is 0.170. The first-order valence-electron chi connectivity index (χ1n) is 4.96. The van der Waals surface area contributed by atoms with Gasteiger partial charge in [0.1, 0.15) is 11.9 Å². The van der Waals surface area contributed by atoms with Crippen LogP contribution in [-0.4, -0.2) is 11.9 Å². The molecule has 0 aromatic heterocycles. The first kappa shape index (κ1) is 10.1. The molecule has 15 heavy (non-hydrogen) atoms. The fraction of sp³-hybridized carbons (Fsp3) is 0.417. The summed E-state index contributed by atoms with van der Waals surface area (Å²) in [4.78, 5) is 11.3. The van der Waals surface area contributed by atoms with Crippen molar-refractivity contribution in [2.24, 2.45) is 5.41 Å². The number of hydrogen-bond donors (Lipinski definition) is 0. The second-order valence-corrected chi connectivity index (χ2v) is 4.39. The fourth-order valence-corrected chi connectivity index (χ4v) is 1.62. The molecular formula is C12H13FO2. The van der Waals surface area contributed by atoms with E-state index in [1.807, 2.05) is 13.8 Å². The van der Waals surface area contributed by atoms with Crippen LogP contribution in [0.1, 0.15) is 20.3 Å². The second-order valence-electron chi connectivity index (χ2n) is 4.39. The summed E-state index contributed by atoms with van der Waals surface area (Å²) in [7, 11) is 0. The lowest BCUT2D eigenvalue weighted by Gasteiger charge is -2.41. The number of carbonyl (C=O) groups excluding carboxylic acids is 1. The van der Waals surface area contributed by atoms with E-state index in [0.29, 0.717) is 6.42 Å². The monoisotopic (exact) mass is 208 g/mol. The molecule has 1 atom stereocenters. The highest BCUT2D eigenvalue weighted by molar-refractivity contribution is 5.91. The summed E-state index contributed by atoms with van der Waals surface area (Å²) < 4.78 is 18.7. The zero-order chi connectivity index (χ0) is 11.1. The lowest BCUT2D eigenvalue weighted by molar-refractivity contribution is -0.148. The van der Waals surface area contributed by atoms with Gasteiger partial charge >= 0.3 is 0 Å². The molecule has 0 heterocycles. The Morgan fingerprint density at radius 3 is 2.60 bits per heavy atom. The van der Waals surface area contributed by atoms with Crippen LogP contribution in [0, 0.1) is 11.2 Å². The van der Waals surface area contributed by atoms with Crippen LogP contribution in [0.4, 0.5) is 4.39 Å². The fourth-order valence-electron chi connectivity index (χ4n) is 1.62. The molecule has 1 saturated carbocycles. The number of Topliss-reactive ketones (excluding diaryl/α,β-unsaturated/α-hetero) is 1. The van der Waals surface area contributed by atoms with E-state index in [1.54, 1.807) is 18.2 Å². The van der Waals surface area contributed by atoms with Gasteiger partial charge in [0.05, 0.1) is 5.41 Å². The molecule has 1 aromatic rings.